The number of carbonyl (C=O) groups excluding carboxylic acids is 1. The molecule has 2 unspecified atom stereocenters. The second-order valence-corrected chi connectivity index (χ2v) is 6.44. The third kappa shape index (κ3) is 5.18. The fourth-order valence-corrected chi connectivity index (χ4v) is 2.71. The van der Waals surface area contributed by atoms with Crippen LogP contribution in [0.15, 0.2) is 60.7 Å². The minimum Gasteiger partial charge on any atom is -0.397 e. The van der Waals surface area contributed by atoms with E-state index in [1.165, 1.54) is 11.1 Å². The molecule has 2 aromatic carbocycles. The molecule has 5 heteroatoms. The van der Waals surface area contributed by atoms with Gasteiger partial charge >= 0.3 is 0 Å². The average molecular weight is 351 g/mol. The van der Waals surface area contributed by atoms with Crippen LogP contribution in [-0.2, 0) is 9.53 Å². The third-order valence-electron chi connectivity index (χ3n) is 4.26. The molecule has 26 heavy (non-hydrogen) atoms. The van der Waals surface area contributed by atoms with Gasteiger partial charge in [-0.2, -0.15) is 0 Å². The number of nitrogens with two attached hydrogens (primary N) is 1. The molecular weight excluding hydrogens is 326 g/mol. The summed E-state index contributed by atoms with van der Waals surface area (Å²) in [5.74, 6) is -0.0722. The summed E-state index contributed by atoms with van der Waals surface area (Å²) in [6.45, 7) is 2.89. The summed E-state index contributed by atoms with van der Waals surface area (Å²) in [7, 11) is 0. The number of anilines is 2. The van der Waals surface area contributed by atoms with Crippen LogP contribution < -0.4 is 16.4 Å². The Morgan fingerprint density at radius 2 is 1.92 bits per heavy atom. The summed E-state index contributed by atoms with van der Waals surface area (Å²) in [6.07, 6.45) is 5.31. The van der Waals surface area contributed by atoms with E-state index in [4.69, 9.17) is 10.5 Å². The number of aryl methyl sites for hydroxylation is 1. The Morgan fingerprint density at radius 1 is 1.15 bits per heavy atom. The van der Waals surface area contributed by atoms with Gasteiger partial charge in [-0.05, 0) is 31.0 Å². The van der Waals surface area contributed by atoms with E-state index >= 15 is 0 Å². The summed E-state index contributed by atoms with van der Waals surface area (Å²) < 4.78 is 5.65. The zero-order chi connectivity index (χ0) is 18.4. The van der Waals surface area contributed by atoms with Crippen LogP contribution >= 0.6 is 0 Å². The van der Waals surface area contributed by atoms with Gasteiger partial charge < -0.3 is 15.8 Å². The van der Waals surface area contributed by atoms with Crippen LogP contribution in [0, 0.1) is 6.92 Å². The topological polar surface area (TPSA) is 79.7 Å². The number of benzene rings is 2. The Labute approximate surface area is 154 Å². The molecule has 1 saturated heterocycles. The average Bonchev–Trinajstić information content (AvgIpc) is 3.40. The van der Waals surface area contributed by atoms with E-state index in [1.54, 1.807) is 12.1 Å². The highest BCUT2D eigenvalue weighted by Crippen LogP contribution is 2.36. The van der Waals surface area contributed by atoms with Crippen LogP contribution in [-0.4, -0.2) is 18.7 Å². The van der Waals surface area contributed by atoms with Gasteiger partial charge in [-0.3, -0.25) is 10.1 Å². The first-order valence-electron chi connectivity index (χ1n) is 8.88. The van der Waals surface area contributed by atoms with Gasteiger partial charge in [0.05, 0.1) is 11.4 Å². The number of hydrogen-bond donors (Lipinski definition) is 3. The Bertz CT molecular complexity index is 771. The van der Waals surface area contributed by atoms with Crippen molar-refractivity contribution in [2.75, 3.05) is 17.6 Å². The molecule has 136 valence electrons. The van der Waals surface area contributed by atoms with Gasteiger partial charge in [-0.1, -0.05) is 54.1 Å². The molecule has 0 aliphatic carbocycles. The lowest BCUT2D eigenvalue weighted by Crippen LogP contribution is -2.19. The lowest BCUT2D eigenvalue weighted by atomic mass is 10.1. The molecule has 2 atom stereocenters. The predicted octanol–water partition coefficient (Wildman–Crippen LogP) is 3.54. The molecule has 1 fully saturated rings. The Hall–Kier alpha value is -2.63. The van der Waals surface area contributed by atoms with E-state index in [9.17, 15) is 4.79 Å². The molecule has 1 amide bonds. The summed E-state index contributed by atoms with van der Waals surface area (Å²) >= 11 is 0. The molecule has 2 aromatic rings. The molecule has 0 saturated carbocycles. The van der Waals surface area contributed by atoms with E-state index in [-0.39, 0.29) is 18.2 Å². The molecule has 5 nitrogen and oxygen atoms in total. The van der Waals surface area contributed by atoms with Gasteiger partial charge in [0.25, 0.3) is 0 Å². The van der Waals surface area contributed by atoms with Gasteiger partial charge in [0.2, 0.25) is 5.91 Å². The van der Waals surface area contributed by atoms with E-state index in [1.807, 2.05) is 24.3 Å². The first-order chi connectivity index (χ1) is 12.6. The number of para-hydroxylation sites is 2. The molecule has 0 aromatic heterocycles. The molecule has 0 bridgehead atoms. The summed E-state index contributed by atoms with van der Waals surface area (Å²) in [4.78, 5) is 11.9. The van der Waals surface area contributed by atoms with Crippen molar-refractivity contribution in [2.24, 2.45) is 0 Å². The first kappa shape index (κ1) is 18.2. The lowest BCUT2D eigenvalue weighted by Gasteiger charge is -2.06. The van der Waals surface area contributed by atoms with E-state index in [2.05, 4.69) is 41.8 Å². The Kier molecular flexibility index (Phi) is 6.04. The van der Waals surface area contributed by atoms with Crippen LogP contribution in [0.1, 0.15) is 30.1 Å². The SMILES string of the molecule is Cc1ccc(C2OC2NCCC=CCC(=O)Nc2ccccc2N)cc1. The zero-order valence-electron chi connectivity index (χ0n) is 14.9. The number of nitrogens with one attached hydrogen (secondary N) is 2. The second-order valence-electron chi connectivity index (χ2n) is 6.44. The largest absolute Gasteiger partial charge is 0.397 e. The number of epoxide rings is 1. The maximum Gasteiger partial charge on any atom is 0.228 e. The lowest BCUT2D eigenvalue weighted by molar-refractivity contribution is -0.115. The van der Waals surface area contributed by atoms with E-state index < -0.39 is 0 Å². The van der Waals surface area contributed by atoms with Crippen molar-refractivity contribution in [1.29, 1.82) is 0 Å². The van der Waals surface area contributed by atoms with Crippen molar-refractivity contribution >= 4 is 17.3 Å². The molecule has 3 rings (SSSR count). The number of amides is 1. The number of hydrogen-bond acceptors (Lipinski definition) is 4. The highest BCUT2D eigenvalue weighted by atomic mass is 16.6. The molecule has 1 aliphatic heterocycles. The zero-order valence-corrected chi connectivity index (χ0v) is 14.9. The predicted molar refractivity (Wildman–Crippen MR) is 105 cm³/mol. The molecule has 4 N–H and O–H groups in total. The maximum atomic E-state index is 11.9. The van der Waals surface area contributed by atoms with Crippen LogP contribution in [0.3, 0.4) is 0 Å². The first-order valence-corrected chi connectivity index (χ1v) is 8.88. The molecule has 0 radical (unpaired) electrons. The van der Waals surface area contributed by atoms with Crippen molar-refractivity contribution < 1.29 is 9.53 Å². The van der Waals surface area contributed by atoms with Crippen molar-refractivity contribution in [1.82, 2.24) is 5.32 Å². The smallest absolute Gasteiger partial charge is 0.228 e. The molecular formula is C21H25N3O2. The van der Waals surface area contributed by atoms with E-state index in [0.717, 1.165) is 13.0 Å². The summed E-state index contributed by atoms with van der Waals surface area (Å²) in [5.41, 5.74) is 9.49. The monoisotopic (exact) mass is 351 g/mol. The van der Waals surface area contributed by atoms with Gasteiger partial charge in [-0.15, -0.1) is 0 Å². The standard InChI is InChI=1S/C21H25N3O2/c1-15-10-12-16(13-11-15)20-21(26-20)23-14-6-2-3-9-19(25)24-18-8-5-4-7-17(18)22/h2-5,7-8,10-13,20-21,23H,6,9,14,22H2,1H3,(H,24,25). The van der Waals surface area contributed by atoms with Crippen LogP contribution in [0.4, 0.5) is 11.4 Å². The fourth-order valence-electron chi connectivity index (χ4n) is 2.71. The van der Waals surface area contributed by atoms with Crippen molar-refractivity contribution in [3.63, 3.8) is 0 Å². The minimum atomic E-state index is -0.0722. The van der Waals surface area contributed by atoms with Crippen molar-refractivity contribution in [3.8, 4) is 0 Å². The molecule has 0 spiro atoms. The van der Waals surface area contributed by atoms with Gasteiger partial charge in [0.1, 0.15) is 12.3 Å². The van der Waals surface area contributed by atoms with Gasteiger partial charge in [0, 0.05) is 13.0 Å². The Balaban J connectivity index is 1.30. The normalized spacial score (nSPS) is 18.8. The maximum absolute atomic E-state index is 11.9. The number of ether oxygens (including phenoxy) is 1. The van der Waals surface area contributed by atoms with Crippen LogP contribution in [0.5, 0.6) is 0 Å². The van der Waals surface area contributed by atoms with E-state index in [0.29, 0.717) is 17.8 Å². The van der Waals surface area contributed by atoms with Crippen LogP contribution in [0.2, 0.25) is 0 Å². The minimum absolute atomic E-state index is 0.0722. The second kappa shape index (κ2) is 8.65. The van der Waals surface area contributed by atoms with Gasteiger partial charge in [0.15, 0.2) is 0 Å². The fraction of sp³-hybridized carbons (Fsp3) is 0.286. The van der Waals surface area contributed by atoms with Crippen LogP contribution in [0.25, 0.3) is 0 Å². The summed E-state index contributed by atoms with van der Waals surface area (Å²) in [6, 6.07) is 15.7. The highest BCUT2D eigenvalue weighted by Gasteiger charge is 2.39. The quantitative estimate of drug-likeness (QED) is 0.294. The third-order valence-corrected chi connectivity index (χ3v) is 4.26. The van der Waals surface area contributed by atoms with Gasteiger partial charge in [-0.25, -0.2) is 0 Å². The number of rotatable bonds is 8. The molecule has 1 aliphatic rings. The van der Waals surface area contributed by atoms with Crippen molar-refractivity contribution in [2.45, 2.75) is 32.1 Å². The number of nitrogen functional groups attached to an aromatic ring is 1. The Morgan fingerprint density at radius 3 is 2.69 bits per heavy atom. The van der Waals surface area contributed by atoms with Crippen molar-refractivity contribution in [3.05, 3.63) is 71.8 Å². The highest BCUT2D eigenvalue weighted by molar-refractivity contribution is 5.94. The summed E-state index contributed by atoms with van der Waals surface area (Å²) in [5, 5.41) is 6.17. The number of carbonyl (C=O) groups is 1. The molecule has 1 heterocycles.